The van der Waals surface area contributed by atoms with Crippen molar-refractivity contribution in [3.8, 4) is 6.07 Å². The molecule has 0 fully saturated rings. The molecule has 0 aliphatic rings. The number of nitrogens with zero attached hydrogens (tertiary/aromatic N) is 1. The van der Waals surface area contributed by atoms with Gasteiger partial charge in [0.2, 0.25) is 0 Å². The smallest absolute Gasteiger partial charge is 0.0970 e. The fraction of sp³-hybridized carbons (Fsp3) is 0.364. The van der Waals surface area contributed by atoms with Gasteiger partial charge in [-0.25, -0.2) is 0 Å². The van der Waals surface area contributed by atoms with Crippen LogP contribution in [0.2, 0.25) is 0 Å². The van der Waals surface area contributed by atoms with Crippen LogP contribution in [0.15, 0.2) is 30.3 Å². The second-order valence-corrected chi connectivity index (χ2v) is 3.65. The topological polar surface area (TPSA) is 44.0 Å². The lowest BCUT2D eigenvalue weighted by Crippen LogP contribution is -2.19. The Morgan fingerprint density at radius 2 is 1.85 bits per heavy atom. The molecule has 13 heavy (non-hydrogen) atoms. The van der Waals surface area contributed by atoms with Crippen molar-refractivity contribution in [2.75, 3.05) is 0 Å². The lowest BCUT2D eigenvalue weighted by molar-refractivity contribution is 0.0868. The van der Waals surface area contributed by atoms with E-state index in [4.69, 9.17) is 5.26 Å². The first kappa shape index (κ1) is 9.76. The zero-order valence-electron chi connectivity index (χ0n) is 7.86. The third-order valence-corrected chi connectivity index (χ3v) is 2.09. The van der Waals surface area contributed by atoms with Crippen molar-refractivity contribution in [2.24, 2.45) is 5.41 Å². The summed E-state index contributed by atoms with van der Waals surface area (Å²) in [5.41, 5.74) is 0.0514. The van der Waals surface area contributed by atoms with E-state index >= 15 is 0 Å². The van der Waals surface area contributed by atoms with Gasteiger partial charge in [-0.3, -0.25) is 0 Å². The highest BCUT2D eigenvalue weighted by Crippen LogP contribution is 2.31. The van der Waals surface area contributed by atoms with E-state index in [2.05, 4.69) is 6.07 Å². The van der Waals surface area contributed by atoms with Gasteiger partial charge in [-0.1, -0.05) is 30.3 Å². The third-order valence-electron chi connectivity index (χ3n) is 2.09. The average molecular weight is 175 g/mol. The third kappa shape index (κ3) is 2.07. The van der Waals surface area contributed by atoms with Crippen LogP contribution in [-0.2, 0) is 0 Å². The predicted octanol–water partition coefficient (Wildman–Crippen LogP) is 2.27. The molecule has 0 heterocycles. The lowest BCUT2D eigenvalue weighted by Gasteiger charge is -2.22. The van der Waals surface area contributed by atoms with E-state index in [1.54, 1.807) is 13.8 Å². The van der Waals surface area contributed by atoms with Crippen LogP contribution in [0.5, 0.6) is 0 Å². The molecule has 0 spiro atoms. The second-order valence-electron chi connectivity index (χ2n) is 3.65. The first-order valence-electron chi connectivity index (χ1n) is 4.22. The van der Waals surface area contributed by atoms with Gasteiger partial charge in [-0.05, 0) is 19.4 Å². The number of aliphatic hydroxyl groups excluding tert-OH is 1. The number of hydrogen-bond acceptors (Lipinski definition) is 2. The van der Waals surface area contributed by atoms with Gasteiger partial charge in [0, 0.05) is 0 Å². The van der Waals surface area contributed by atoms with E-state index in [1.807, 2.05) is 30.3 Å². The van der Waals surface area contributed by atoms with Gasteiger partial charge in [-0.2, -0.15) is 5.26 Å². The van der Waals surface area contributed by atoms with Crippen molar-refractivity contribution in [3.05, 3.63) is 35.9 Å². The minimum absolute atomic E-state index is 0.723. The highest BCUT2D eigenvalue weighted by Gasteiger charge is 2.28. The predicted molar refractivity (Wildman–Crippen MR) is 50.8 cm³/mol. The normalized spacial score (nSPS) is 13.4. The molecule has 0 radical (unpaired) electrons. The summed E-state index contributed by atoms with van der Waals surface area (Å²) in [6.45, 7) is 3.45. The molecule has 0 amide bonds. The molecule has 2 heteroatoms. The maximum Gasteiger partial charge on any atom is 0.0970 e. The van der Waals surface area contributed by atoms with Crippen molar-refractivity contribution in [1.29, 1.82) is 5.26 Å². The van der Waals surface area contributed by atoms with E-state index in [-0.39, 0.29) is 0 Å². The van der Waals surface area contributed by atoms with E-state index in [0.717, 1.165) is 5.56 Å². The molecule has 0 aliphatic carbocycles. The minimum atomic E-state index is -0.735. The quantitative estimate of drug-likeness (QED) is 0.749. The summed E-state index contributed by atoms with van der Waals surface area (Å²) in [5.74, 6) is 0. The van der Waals surface area contributed by atoms with E-state index in [0.29, 0.717) is 0 Å². The highest BCUT2D eigenvalue weighted by molar-refractivity contribution is 5.21. The summed E-state index contributed by atoms with van der Waals surface area (Å²) >= 11 is 0. The molecule has 1 N–H and O–H groups in total. The van der Waals surface area contributed by atoms with Gasteiger partial charge in [0.25, 0.3) is 0 Å². The van der Waals surface area contributed by atoms with Crippen molar-refractivity contribution in [3.63, 3.8) is 0 Å². The molecule has 0 saturated heterocycles. The van der Waals surface area contributed by atoms with Crippen molar-refractivity contribution >= 4 is 0 Å². The standard InChI is InChI=1S/C11H13NO/c1-11(2,8-12)10(13)9-6-4-3-5-7-9/h3-7,10,13H,1-2H3/t10-/m1/s1. The summed E-state index contributed by atoms with van der Waals surface area (Å²) in [6.07, 6.45) is -0.723. The van der Waals surface area contributed by atoms with Gasteiger partial charge >= 0.3 is 0 Å². The van der Waals surface area contributed by atoms with E-state index < -0.39 is 11.5 Å². The van der Waals surface area contributed by atoms with Crippen molar-refractivity contribution in [1.82, 2.24) is 0 Å². The summed E-state index contributed by atoms with van der Waals surface area (Å²) in [7, 11) is 0. The molecule has 0 saturated carbocycles. The fourth-order valence-electron chi connectivity index (χ4n) is 1.11. The zero-order valence-corrected chi connectivity index (χ0v) is 7.86. The summed E-state index contributed by atoms with van der Waals surface area (Å²) in [5, 5.41) is 18.6. The maximum absolute atomic E-state index is 9.83. The summed E-state index contributed by atoms with van der Waals surface area (Å²) in [6, 6.07) is 11.3. The Kier molecular flexibility index (Phi) is 2.69. The van der Waals surface area contributed by atoms with Crippen LogP contribution < -0.4 is 0 Å². The van der Waals surface area contributed by atoms with Crippen LogP contribution in [0.3, 0.4) is 0 Å². The molecule has 1 rings (SSSR count). The molecular formula is C11H13NO. The molecule has 1 aromatic carbocycles. The van der Waals surface area contributed by atoms with Gasteiger partial charge in [0.15, 0.2) is 0 Å². The lowest BCUT2D eigenvalue weighted by atomic mass is 9.84. The monoisotopic (exact) mass is 175 g/mol. The Balaban J connectivity index is 2.94. The van der Waals surface area contributed by atoms with E-state index in [9.17, 15) is 5.11 Å². The number of benzene rings is 1. The van der Waals surface area contributed by atoms with Crippen LogP contribution in [0, 0.1) is 16.7 Å². The molecule has 0 aliphatic heterocycles. The van der Waals surface area contributed by atoms with Crippen LogP contribution in [0.4, 0.5) is 0 Å². The molecule has 68 valence electrons. The average Bonchev–Trinajstić information content (AvgIpc) is 2.18. The molecular weight excluding hydrogens is 162 g/mol. The molecule has 1 aromatic rings. The van der Waals surface area contributed by atoms with Gasteiger partial charge in [0.1, 0.15) is 0 Å². The van der Waals surface area contributed by atoms with E-state index in [1.165, 1.54) is 0 Å². The molecule has 0 aromatic heterocycles. The van der Waals surface area contributed by atoms with Crippen LogP contribution >= 0.6 is 0 Å². The first-order chi connectivity index (χ1) is 6.08. The number of nitriles is 1. The summed E-state index contributed by atoms with van der Waals surface area (Å²) in [4.78, 5) is 0. The summed E-state index contributed by atoms with van der Waals surface area (Å²) < 4.78 is 0. The Labute approximate surface area is 78.4 Å². The van der Waals surface area contributed by atoms with Crippen LogP contribution in [0.25, 0.3) is 0 Å². The number of hydrogen-bond donors (Lipinski definition) is 1. The maximum atomic E-state index is 9.83. The first-order valence-corrected chi connectivity index (χ1v) is 4.22. The minimum Gasteiger partial charge on any atom is -0.387 e. The van der Waals surface area contributed by atoms with Crippen LogP contribution in [0.1, 0.15) is 25.5 Å². The Morgan fingerprint density at radius 1 is 1.31 bits per heavy atom. The zero-order chi connectivity index (χ0) is 9.90. The van der Waals surface area contributed by atoms with Crippen molar-refractivity contribution < 1.29 is 5.11 Å². The SMILES string of the molecule is CC(C)(C#N)[C@H](O)c1ccccc1. The Hall–Kier alpha value is -1.33. The van der Waals surface area contributed by atoms with Gasteiger partial charge in [-0.15, -0.1) is 0 Å². The molecule has 0 unspecified atom stereocenters. The number of rotatable bonds is 2. The Bertz CT molecular complexity index is 311. The second kappa shape index (κ2) is 3.59. The van der Waals surface area contributed by atoms with Crippen LogP contribution in [-0.4, -0.2) is 5.11 Å². The van der Waals surface area contributed by atoms with Crippen molar-refractivity contribution in [2.45, 2.75) is 20.0 Å². The highest BCUT2D eigenvalue weighted by atomic mass is 16.3. The van der Waals surface area contributed by atoms with Gasteiger partial charge in [0.05, 0.1) is 17.6 Å². The Morgan fingerprint density at radius 3 is 2.31 bits per heavy atom. The largest absolute Gasteiger partial charge is 0.387 e. The fourth-order valence-corrected chi connectivity index (χ4v) is 1.11. The molecule has 0 bridgehead atoms. The molecule has 1 atom stereocenters. The van der Waals surface area contributed by atoms with Gasteiger partial charge < -0.3 is 5.11 Å². The number of aliphatic hydroxyl groups is 1. The molecule has 2 nitrogen and oxygen atoms in total.